The van der Waals surface area contributed by atoms with Gasteiger partial charge in [-0.1, -0.05) is 36.4 Å². The maximum atomic E-state index is 12.3. The van der Waals surface area contributed by atoms with Crippen LogP contribution in [-0.2, 0) is 14.8 Å². The van der Waals surface area contributed by atoms with Gasteiger partial charge >= 0.3 is 0 Å². The van der Waals surface area contributed by atoms with Crippen LogP contribution in [-0.4, -0.2) is 32.9 Å². The molecule has 6 heteroatoms. The van der Waals surface area contributed by atoms with E-state index in [0.717, 1.165) is 16.7 Å². The highest BCUT2D eigenvalue weighted by molar-refractivity contribution is 7.90. The molecule has 5 nitrogen and oxygen atoms in total. The van der Waals surface area contributed by atoms with E-state index in [2.05, 4.69) is 10.8 Å². The summed E-state index contributed by atoms with van der Waals surface area (Å²) in [6.45, 7) is 4.43. The molecule has 0 aromatic heterocycles. The number of ether oxygens (including phenoxy) is 1. The van der Waals surface area contributed by atoms with Gasteiger partial charge in [0.05, 0.1) is 23.5 Å². The van der Waals surface area contributed by atoms with Gasteiger partial charge in [-0.3, -0.25) is 0 Å². The Labute approximate surface area is 161 Å². The van der Waals surface area contributed by atoms with Gasteiger partial charge in [0, 0.05) is 18.6 Å². The lowest BCUT2D eigenvalue weighted by atomic mass is 9.88. The van der Waals surface area contributed by atoms with Crippen molar-refractivity contribution in [2.75, 3.05) is 13.2 Å². The summed E-state index contributed by atoms with van der Waals surface area (Å²) in [5.41, 5.74) is 3.79. The molecule has 0 amide bonds. The predicted octanol–water partition coefficient (Wildman–Crippen LogP) is 3.43. The molecule has 0 bridgehead atoms. The fourth-order valence-corrected chi connectivity index (χ4v) is 4.19. The summed E-state index contributed by atoms with van der Waals surface area (Å²) in [7, 11) is -3.33. The number of nitriles is 1. The maximum absolute atomic E-state index is 12.3. The minimum absolute atomic E-state index is 0.0118. The first-order valence-electron chi connectivity index (χ1n) is 9.10. The molecule has 0 radical (unpaired) electrons. The van der Waals surface area contributed by atoms with Crippen LogP contribution in [0.3, 0.4) is 0 Å². The van der Waals surface area contributed by atoms with Gasteiger partial charge in [0.2, 0.25) is 10.0 Å². The zero-order valence-corrected chi connectivity index (χ0v) is 16.4. The fraction of sp³-hybridized carbons (Fsp3) is 0.381. The average molecular weight is 385 g/mol. The first kappa shape index (κ1) is 19.6. The second-order valence-electron chi connectivity index (χ2n) is 7.10. The normalized spacial score (nSPS) is 20.4. The van der Waals surface area contributed by atoms with E-state index in [4.69, 9.17) is 10.00 Å². The van der Waals surface area contributed by atoms with Crippen molar-refractivity contribution in [2.24, 2.45) is 0 Å². The van der Waals surface area contributed by atoms with Gasteiger partial charge in [-0.05, 0) is 49.1 Å². The number of nitrogens with one attached hydrogen (secondary N) is 1. The summed E-state index contributed by atoms with van der Waals surface area (Å²) in [5, 5.41) is 8.45. The molecule has 1 N–H and O–H groups in total. The Morgan fingerprint density at radius 3 is 2.22 bits per heavy atom. The Kier molecular flexibility index (Phi) is 5.95. The molecule has 0 saturated carbocycles. The van der Waals surface area contributed by atoms with Gasteiger partial charge in [0.1, 0.15) is 0 Å². The van der Waals surface area contributed by atoms with Crippen LogP contribution < -0.4 is 4.72 Å². The number of rotatable bonds is 5. The van der Waals surface area contributed by atoms with Crippen molar-refractivity contribution in [2.45, 2.75) is 37.5 Å². The summed E-state index contributed by atoms with van der Waals surface area (Å²) in [4.78, 5) is 0. The smallest absolute Gasteiger partial charge is 0.214 e. The fourth-order valence-electron chi connectivity index (χ4n) is 3.21. The third-order valence-electron chi connectivity index (χ3n) is 4.98. The molecule has 3 rings (SSSR count). The van der Waals surface area contributed by atoms with Crippen molar-refractivity contribution in [3.8, 4) is 17.2 Å². The predicted molar refractivity (Wildman–Crippen MR) is 106 cm³/mol. The van der Waals surface area contributed by atoms with Gasteiger partial charge in [0.15, 0.2) is 0 Å². The standard InChI is InChI=1S/C21H24N2O3S/c1-15(2)27(24,25)23-21-11-12-26-14-20(21)19-9-7-18(8-10-19)17-5-3-16(13-22)4-6-17/h3-10,15,20-21,23H,11-12,14H2,1-2H3/t20-,21-/m0/s1. The van der Waals surface area contributed by atoms with E-state index in [1.807, 2.05) is 36.4 Å². The van der Waals surface area contributed by atoms with Gasteiger partial charge in [-0.15, -0.1) is 0 Å². The highest BCUT2D eigenvalue weighted by Crippen LogP contribution is 2.29. The quantitative estimate of drug-likeness (QED) is 0.857. The Morgan fingerprint density at radius 1 is 1.07 bits per heavy atom. The lowest BCUT2D eigenvalue weighted by Crippen LogP contribution is -2.46. The van der Waals surface area contributed by atoms with Crippen molar-refractivity contribution >= 4 is 10.0 Å². The third kappa shape index (κ3) is 4.56. The molecule has 2 aromatic rings. The number of nitrogens with zero attached hydrogens (tertiary/aromatic N) is 1. The van der Waals surface area contributed by atoms with Crippen LogP contribution >= 0.6 is 0 Å². The SMILES string of the molecule is CC(C)S(=O)(=O)N[C@H]1CCOC[C@H]1c1ccc(-c2ccc(C#N)cc2)cc1. The average Bonchev–Trinajstić information content (AvgIpc) is 2.68. The van der Waals surface area contributed by atoms with Gasteiger partial charge in [-0.2, -0.15) is 5.26 Å². The van der Waals surface area contributed by atoms with Crippen LogP contribution in [0, 0.1) is 11.3 Å². The summed E-state index contributed by atoms with van der Waals surface area (Å²) < 4.78 is 33.1. The Hall–Kier alpha value is -2.20. The van der Waals surface area contributed by atoms with Crippen LogP contribution in [0.2, 0.25) is 0 Å². The molecule has 27 heavy (non-hydrogen) atoms. The molecule has 142 valence electrons. The minimum atomic E-state index is -3.33. The van der Waals surface area contributed by atoms with E-state index in [1.165, 1.54) is 0 Å². The second-order valence-corrected chi connectivity index (χ2v) is 9.37. The Bertz CT molecular complexity index is 913. The Balaban J connectivity index is 1.80. The molecule has 1 saturated heterocycles. The highest BCUT2D eigenvalue weighted by atomic mass is 32.2. The van der Waals surface area contributed by atoms with Crippen molar-refractivity contribution in [1.29, 1.82) is 5.26 Å². The van der Waals surface area contributed by atoms with E-state index in [-0.39, 0.29) is 12.0 Å². The molecule has 0 aliphatic carbocycles. The van der Waals surface area contributed by atoms with Gasteiger partial charge in [0.25, 0.3) is 0 Å². The molecule has 0 unspecified atom stereocenters. The van der Waals surface area contributed by atoms with Crippen molar-refractivity contribution in [3.63, 3.8) is 0 Å². The molecule has 0 spiro atoms. The van der Waals surface area contributed by atoms with E-state index < -0.39 is 15.3 Å². The second kappa shape index (κ2) is 8.22. The van der Waals surface area contributed by atoms with Gasteiger partial charge in [-0.25, -0.2) is 13.1 Å². The zero-order valence-electron chi connectivity index (χ0n) is 15.6. The lowest BCUT2D eigenvalue weighted by Gasteiger charge is -2.33. The van der Waals surface area contributed by atoms with Crippen molar-refractivity contribution in [3.05, 3.63) is 59.7 Å². The van der Waals surface area contributed by atoms with E-state index in [0.29, 0.717) is 25.2 Å². The molecular formula is C21H24N2O3S. The minimum Gasteiger partial charge on any atom is -0.381 e. The number of hydrogen-bond acceptors (Lipinski definition) is 4. The first-order chi connectivity index (χ1) is 12.9. The highest BCUT2D eigenvalue weighted by Gasteiger charge is 2.31. The van der Waals surface area contributed by atoms with Crippen molar-refractivity contribution in [1.82, 2.24) is 4.72 Å². The molecule has 1 heterocycles. The van der Waals surface area contributed by atoms with Crippen LogP contribution in [0.15, 0.2) is 48.5 Å². The number of hydrogen-bond donors (Lipinski definition) is 1. The molecule has 2 atom stereocenters. The summed E-state index contributed by atoms with van der Waals surface area (Å²) >= 11 is 0. The van der Waals surface area contributed by atoms with Crippen LogP contribution in [0.4, 0.5) is 0 Å². The van der Waals surface area contributed by atoms with E-state index in [9.17, 15) is 8.42 Å². The van der Waals surface area contributed by atoms with Gasteiger partial charge < -0.3 is 4.74 Å². The van der Waals surface area contributed by atoms with Crippen LogP contribution in [0.1, 0.15) is 37.3 Å². The monoisotopic (exact) mass is 384 g/mol. The topological polar surface area (TPSA) is 79.2 Å². The summed E-state index contributed by atoms with van der Waals surface area (Å²) in [5.74, 6) is -0.0118. The summed E-state index contributed by atoms with van der Waals surface area (Å²) in [6.07, 6.45) is 0.661. The molecule has 1 aliphatic rings. The van der Waals surface area contributed by atoms with Crippen LogP contribution in [0.5, 0.6) is 0 Å². The largest absolute Gasteiger partial charge is 0.381 e. The summed E-state index contributed by atoms with van der Waals surface area (Å²) in [6, 6.07) is 17.5. The van der Waals surface area contributed by atoms with Crippen LogP contribution in [0.25, 0.3) is 11.1 Å². The van der Waals surface area contributed by atoms with E-state index >= 15 is 0 Å². The van der Waals surface area contributed by atoms with Crippen molar-refractivity contribution < 1.29 is 13.2 Å². The Morgan fingerprint density at radius 2 is 1.67 bits per heavy atom. The van der Waals surface area contributed by atoms with E-state index in [1.54, 1.807) is 26.0 Å². The third-order valence-corrected chi connectivity index (χ3v) is 6.85. The first-order valence-corrected chi connectivity index (χ1v) is 10.6. The zero-order chi connectivity index (χ0) is 19.4. The molecular weight excluding hydrogens is 360 g/mol. The lowest BCUT2D eigenvalue weighted by molar-refractivity contribution is 0.0653. The maximum Gasteiger partial charge on any atom is 0.214 e. The molecule has 1 fully saturated rings. The molecule has 2 aromatic carbocycles. The number of sulfonamides is 1. The molecule has 1 aliphatic heterocycles. The number of benzene rings is 2.